The number of Topliss-reactive ketones (excluding diaryl/α,β-unsaturated/α-hetero) is 1. The predicted molar refractivity (Wildman–Crippen MR) is 40.3 cm³/mol. The van der Waals surface area contributed by atoms with Crippen LogP contribution in [0.5, 0.6) is 0 Å². The first-order valence-corrected chi connectivity index (χ1v) is 4.07. The quantitative estimate of drug-likeness (QED) is 0.551. The van der Waals surface area contributed by atoms with Gasteiger partial charge in [-0.3, -0.25) is 4.79 Å². The van der Waals surface area contributed by atoms with Crippen molar-refractivity contribution in [1.82, 2.24) is 0 Å². The highest BCUT2D eigenvalue weighted by molar-refractivity contribution is 5.86. The van der Waals surface area contributed by atoms with Gasteiger partial charge in [-0.25, -0.2) is 0 Å². The molecular weight excluding hydrogens is 176 g/mol. The Labute approximate surface area is 75.3 Å². The summed E-state index contributed by atoms with van der Waals surface area (Å²) in [4.78, 5) is 11.1. The molecule has 0 amide bonds. The van der Waals surface area contributed by atoms with Crippen LogP contribution in [-0.2, 0) is 14.3 Å². The monoisotopic (exact) mass is 187 g/mol. The molecule has 0 aromatic carbocycles. The molecule has 73 valence electrons. The van der Waals surface area contributed by atoms with E-state index in [0.717, 1.165) is 0 Å². The van der Waals surface area contributed by atoms with Crippen molar-refractivity contribution in [3.63, 3.8) is 0 Å². The first-order chi connectivity index (χ1) is 6.05. The van der Waals surface area contributed by atoms with Crippen LogP contribution in [0, 0.1) is 6.10 Å². The zero-order chi connectivity index (χ0) is 9.64. The van der Waals surface area contributed by atoms with Crippen molar-refractivity contribution in [2.75, 3.05) is 13.2 Å². The lowest BCUT2D eigenvalue weighted by Gasteiger charge is -2.22. The maximum atomic E-state index is 11.1. The highest BCUT2D eigenvalue weighted by atomic mass is 16.6. The van der Waals surface area contributed by atoms with Gasteiger partial charge in [0.1, 0.15) is 18.3 Å². The molecule has 2 aliphatic heterocycles. The molecule has 5 nitrogen and oxygen atoms in total. The molecule has 5 heteroatoms. The van der Waals surface area contributed by atoms with Crippen molar-refractivity contribution in [1.29, 1.82) is 0 Å². The second-order valence-corrected chi connectivity index (χ2v) is 3.43. The smallest absolute Gasteiger partial charge is 0.174 e. The van der Waals surface area contributed by atoms with Gasteiger partial charge in [0.2, 0.25) is 0 Å². The SMILES string of the molecule is CC(=O)[C@]1(O)CO[C@@H]2[C](O)CO[C@@H]21. The van der Waals surface area contributed by atoms with Crippen LogP contribution < -0.4 is 0 Å². The van der Waals surface area contributed by atoms with Crippen molar-refractivity contribution in [3.8, 4) is 0 Å². The summed E-state index contributed by atoms with van der Waals surface area (Å²) in [5, 5.41) is 19.1. The third kappa shape index (κ3) is 1.12. The number of fused-ring (bicyclic) bond motifs is 1. The van der Waals surface area contributed by atoms with E-state index in [1.807, 2.05) is 0 Å². The van der Waals surface area contributed by atoms with Gasteiger partial charge in [-0.2, -0.15) is 0 Å². The highest BCUT2D eigenvalue weighted by Gasteiger charge is 2.58. The van der Waals surface area contributed by atoms with Crippen LogP contribution in [0.2, 0.25) is 0 Å². The normalized spacial score (nSPS) is 45.2. The number of rotatable bonds is 1. The molecule has 2 saturated heterocycles. The maximum Gasteiger partial charge on any atom is 0.174 e. The molecule has 2 rings (SSSR count). The number of carbonyl (C=O) groups excluding carboxylic acids is 1. The Hall–Kier alpha value is -0.490. The largest absolute Gasteiger partial charge is 0.381 e. The number of ether oxygens (including phenoxy) is 2. The molecule has 0 bridgehead atoms. The van der Waals surface area contributed by atoms with Gasteiger partial charge in [-0.1, -0.05) is 0 Å². The van der Waals surface area contributed by atoms with Gasteiger partial charge in [0.25, 0.3) is 0 Å². The third-order valence-corrected chi connectivity index (χ3v) is 2.58. The first-order valence-electron chi connectivity index (χ1n) is 4.07. The number of hydrogen-bond acceptors (Lipinski definition) is 5. The zero-order valence-corrected chi connectivity index (χ0v) is 7.19. The summed E-state index contributed by atoms with van der Waals surface area (Å²) >= 11 is 0. The van der Waals surface area contributed by atoms with Gasteiger partial charge in [0, 0.05) is 0 Å². The summed E-state index contributed by atoms with van der Waals surface area (Å²) in [6.45, 7) is 1.21. The molecule has 0 aliphatic carbocycles. The van der Waals surface area contributed by atoms with E-state index >= 15 is 0 Å². The number of carbonyl (C=O) groups is 1. The van der Waals surface area contributed by atoms with Crippen LogP contribution in [0.25, 0.3) is 0 Å². The van der Waals surface area contributed by atoms with Gasteiger partial charge < -0.3 is 19.7 Å². The fourth-order valence-corrected chi connectivity index (χ4v) is 1.69. The lowest BCUT2D eigenvalue weighted by molar-refractivity contribution is -0.145. The summed E-state index contributed by atoms with van der Waals surface area (Å²) in [7, 11) is 0. The van der Waals surface area contributed by atoms with Crippen LogP contribution in [0.1, 0.15) is 6.92 Å². The molecule has 13 heavy (non-hydrogen) atoms. The number of aliphatic hydroxyl groups excluding tert-OH is 1. The minimum atomic E-state index is -1.59. The molecule has 2 fully saturated rings. The van der Waals surface area contributed by atoms with Crippen molar-refractivity contribution < 1.29 is 24.5 Å². The van der Waals surface area contributed by atoms with Gasteiger partial charge in [-0.15, -0.1) is 0 Å². The summed E-state index contributed by atoms with van der Waals surface area (Å²) in [6, 6.07) is 0. The van der Waals surface area contributed by atoms with Crippen LogP contribution in [0.4, 0.5) is 0 Å². The Bertz CT molecular complexity index is 241. The molecule has 1 radical (unpaired) electrons. The van der Waals surface area contributed by atoms with Gasteiger partial charge in [0.05, 0.1) is 13.2 Å². The van der Waals surface area contributed by atoms with E-state index < -0.39 is 23.6 Å². The van der Waals surface area contributed by atoms with Gasteiger partial charge in [-0.05, 0) is 6.92 Å². The third-order valence-electron chi connectivity index (χ3n) is 2.58. The van der Waals surface area contributed by atoms with Crippen molar-refractivity contribution in [2.45, 2.75) is 24.7 Å². The van der Waals surface area contributed by atoms with Crippen LogP contribution in [0.3, 0.4) is 0 Å². The van der Waals surface area contributed by atoms with Crippen molar-refractivity contribution in [3.05, 3.63) is 6.10 Å². The Morgan fingerprint density at radius 2 is 2.31 bits per heavy atom. The fraction of sp³-hybridized carbons (Fsp3) is 0.750. The first kappa shape index (κ1) is 9.08. The molecule has 0 spiro atoms. The van der Waals surface area contributed by atoms with E-state index in [1.165, 1.54) is 6.92 Å². The van der Waals surface area contributed by atoms with Crippen molar-refractivity contribution in [2.24, 2.45) is 0 Å². The molecule has 0 aromatic rings. The molecule has 3 atom stereocenters. The standard InChI is InChI=1S/C8H11O5/c1-4(9)8(11)3-13-6-5(10)2-12-7(6)8/h6-7,10-11H,2-3H2,1H3/t6-,7+,8-/m1/s1. The van der Waals surface area contributed by atoms with Gasteiger partial charge in [0.15, 0.2) is 11.4 Å². The van der Waals surface area contributed by atoms with Crippen LogP contribution >= 0.6 is 0 Å². The molecule has 2 heterocycles. The van der Waals surface area contributed by atoms with Gasteiger partial charge >= 0.3 is 0 Å². The second kappa shape index (κ2) is 2.75. The van der Waals surface area contributed by atoms with E-state index in [2.05, 4.69) is 0 Å². The molecule has 0 unspecified atom stereocenters. The molecule has 0 saturated carbocycles. The number of aliphatic hydroxyl groups is 2. The fourth-order valence-electron chi connectivity index (χ4n) is 1.69. The predicted octanol–water partition coefficient (Wildman–Crippen LogP) is -0.991. The number of ketones is 1. The van der Waals surface area contributed by atoms with E-state index in [1.54, 1.807) is 0 Å². The lowest BCUT2D eigenvalue weighted by atomic mass is 9.92. The topological polar surface area (TPSA) is 76.0 Å². The maximum absolute atomic E-state index is 11.1. The molecule has 2 N–H and O–H groups in total. The van der Waals surface area contributed by atoms with E-state index in [0.29, 0.717) is 0 Å². The zero-order valence-electron chi connectivity index (χ0n) is 7.19. The summed E-state index contributed by atoms with van der Waals surface area (Å²) in [6.07, 6.45) is -1.35. The molecular formula is C8H11O5. The van der Waals surface area contributed by atoms with Crippen LogP contribution in [0.15, 0.2) is 0 Å². The second-order valence-electron chi connectivity index (χ2n) is 3.43. The van der Waals surface area contributed by atoms with E-state index in [9.17, 15) is 15.0 Å². The summed E-state index contributed by atoms with van der Waals surface area (Å²) < 4.78 is 10.2. The molecule has 0 aromatic heterocycles. The Kier molecular flexibility index (Phi) is 1.92. The lowest BCUT2D eigenvalue weighted by Crippen LogP contribution is -2.49. The Morgan fingerprint density at radius 1 is 1.62 bits per heavy atom. The summed E-state index contributed by atoms with van der Waals surface area (Å²) in [5.41, 5.74) is -1.59. The number of hydrogen-bond donors (Lipinski definition) is 2. The Balaban J connectivity index is 2.23. The van der Waals surface area contributed by atoms with Crippen molar-refractivity contribution >= 4 is 5.78 Å². The van der Waals surface area contributed by atoms with E-state index in [4.69, 9.17) is 9.47 Å². The highest BCUT2D eigenvalue weighted by Crippen LogP contribution is 2.37. The minimum absolute atomic E-state index is 0.0327. The van der Waals surface area contributed by atoms with Crippen LogP contribution in [-0.4, -0.2) is 47.0 Å². The Morgan fingerprint density at radius 3 is 2.92 bits per heavy atom. The minimum Gasteiger partial charge on any atom is -0.381 e. The summed E-state index contributed by atoms with van der Waals surface area (Å²) in [5.74, 6) is -0.394. The molecule has 2 aliphatic rings. The average Bonchev–Trinajstić information content (AvgIpc) is 2.57. The average molecular weight is 187 g/mol. The van der Waals surface area contributed by atoms with E-state index in [-0.39, 0.29) is 19.3 Å².